The largest absolute Gasteiger partial charge is 0.367 e. The van der Waals surface area contributed by atoms with Gasteiger partial charge in [0.05, 0.1) is 16.8 Å². The van der Waals surface area contributed by atoms with E-state index in [2.05, 4.69) is 42.5 Å². The highest BCUT2D eigenvalue weighted by Gasteiger charge is 2.33. The van der Waals surface area contributed by atoms with E-state index in [1.165, 1.54) is 30.5 Å². The smallest absolute Gasteiger partial charge is 0.224 e. The predicted molar refractivity (Wildman–Crippen MR) is 133 cm³/mol. The van der Waals surface area contributed by atoms with Gasteiger partial charge in [-0.25, -0.2) is 4.98 Å². The number of rotatable bonds is 6. The van der Waals surface area contributed by atoms with Gasteiger partial charge >= 0.3 is 0 Å². The molecule has 1 amide bonds. The maximum atomic E-state index is 12.9. The van der Waals surface area contributed by atoms with Crippen molar-refractivity contribution < 1.29 is 4.79 Å². The van der Waals surface area contributed by atoms with Gasteiger partial charge in [0.2, 0.25) is 5.91 Å². The summed E-state index contributed by atoms with van der Waals surface area (Å²) < 4.78 is 0. The van der Waals surface area contributed by atoms with E-state index < -0.39 is 0 Å². The molecule has 1 aliphatic carbocycles. The molecule has 2 saturated heterocycles. The van der Waals surface area contributed by atoms with Crippen LogP contribution in [0.3, 0.4) is 0 Å². The standard InChI is InChI=1S/C26H31N7O/c34-23(15-20-4-2-10-28-20)32-11-13-33(14-12-32)25-21(19-6-7-19)17-29-26-24(25)22(30-31-26)8-5-18-3-1-9-27-16-18/h1,3,5,8-9,16-17,19-20,28H,2,4,6-7,10-15H2,(H,29,30,31). The molecular formula is C26H31N7O. The molecule has 8 nitrogen and oxygen atoms in total. The Morgan fingerprint density at radius 3 is 2.74 bits per heavy atom. The Balaban J connectivity index is 1.26. The van der Waals surface area contributed by atoms with Crippen LogP contribution in [0.4, 0.5) is 5.69 Å². The van der Waals surface area contributed by atoms with Crippen LogP contribution in [-0.4, -0.2) is 69.7 Å². The van der Waals surface area contributed by atoms with E-state index in [9.17, 15) is 4.79 Å². The first kappa shape index (κ1) is 21.3. The van der Waals surface area contributed by atoms with Crippen molar-refractivity contribution in [2.75, 3.05) is 37.6 Å². The Morgan fingerprint density at radius 1 is 1.12 bits per heavy atom. The first-order chi connectivity index (χ1) is 16.8. The molecule has 8 heteroatoms. The Labute approximate surface area is 199 Å². The van der Waals surface area contributed by atoms with Crippen LogP contribution in [0.25, 0.3) is 23.2 Å². The summed E-state index contributed by atoms with van der Waals surface area (Å²) in [5.41, 5.74) is 5.32. The number of fused-ring (bicyclic) bond motifs is 1. The van der Waals surface area contributed by atoms with E-state index in [4.69, 9.17) is 0 Å². The maximum Gasteiger partial charge on any atom is 0.224 e. The number of H-pyrrole nitrogens is 1. The zero-order valence-corrected chi connectivity index (χ0v) is 19.4. The molecular weight excluding hydrogens is 426 g/mol. The van der Waals surface area contributed by atoms with Gasteiger partial charge in [-0.2, -0.15) is 5.10 Å². The van der Waals surface area contributed by atoms with Crippen molar-refractivity contribution in [3.63, 3.8) is 0 Å². The number of carbonyl (C=O) groups excluding carboxylic acids is 1. The number of nitrogens with one attached hydrogen (secondary N) is 2. The molecule has 0 bridgehead atoms. The summed E-state index contributed by atoms with van der Waals surface area (Å²) in [7, 11) is 0. The molecule has 3 aromatic rings. The summed E-state index contributed by atoms with van der Waals surface area (Å²) in [6, 6.07) is 4.33. The first-order valence-corrected chi connectivity index (χ1v) is 12.5. The monoisotopic (exact) mass is 457 g/mol. The lowest BCUT2D eigenvalue weighted by molar-refractivity contribution is -0.131. The number of pyridine rings is 2. The van der Waals surface area contributed by atoms with Crippen molar-refractivity contribution in [1.29, 1.82) is 0 Å². The molecule has 34 heavy (non-hydrogen) atoms. The summed E-state index contributed by atoms with van der Waals surface area (Å²) in [5, 5.41) is 12.2. The van der Waals surface area contributed by atoms with Crippen molar-refractivity contribution in [3.05, 3.63) is 47.5 Å². The van der Waals surface area contributed by atoms with Gasteiger partial charge < -0.3 is 15.1 Å². The SMILES string of the molecule is O=C(CC1CCCN1)N1CCN(c2c(C3CC3)cnc3n[nH]c(C=Cc4cccnc4)c23)CC1. The highest BCUT2D eigenvalue weighted by atomic mass is 16.2. The van der Waals surface area contributed by atoms with Crippen LogP contribution in [0.5, 0.6) is 0 Å². The average Bonchev–Trinajstić information content (AvgIpc) is 3.44. The van der Waals surface area contributed by atoms with Gasteiger partial charge in [-0.1, -0.05) is 12.1 Å². The summed E-state index contributed by atoms with van der Waals surface area (Å²) in [4.78, 5) is 26.2. The third-order valence-corrected chi connectivity index (χ3v) is 7.29. The van der Waals surface area contributed by atoms with Crippen molar-refractivity contribution in [2.45, 2.75) is 44.1 Å². The van der Waals surface area contributed by atoms with E-state index in [0.29, 0.717) is 18.4 Å². The highest BCUT2D eigenvalue weighted by Crippen LogP contribution is 2.47. The molecule has 1 saturated carbocycles. The zero-order valence-electron chi connectivity index (χ0n) is 19.4. The highest BCUT2D eigenvalue weighted by molar-refractivity contribution is 5.99. The minimum atomic E-state index is 0.282. The lowest BCUT2D eigenvalue weighted by atomic mass is 10.0. The van der Waals surface area contributed by atoms with Crippen LogP contribution in [0.2, 0.25) is 0 Å². The normalized spacial score (nSPS) is 21.1. The molecule has 0 spiro atoms. The zero-order chi connectivity index (χ0) is 22.9. The van der Waals surface area contributed by atoms with Crippen LogP contribution < -0.4 is 10.2 Å². The molecule has 176 valence electrons. The molecule has 3 fully saturated rings. The molecule has 5 heterocycles. The predicted octanol–water partition coefficient (Wildman–Crippen LogP) is 3.19. The lowest BCUT2D eigenvalue weighted by Gasteiger charge is -2.37. The lowest BCUT2D eigenvalue weighted by Crippen LogP contribution is -2.50. The van der Waals surface area contributed by atoms with Gasteiger partial charge in [0, 0.05) is 57.2 Å². The number of anilines is 1. The van der Waals surface area contributed by atoms with Gasteiger partial charge in [-0.15, -0.1) is 0 Å². The van der Waals surface area contributed by atoms with E-state index in [1.54, 1.807) is 6.20 Å². The fraction of sp³-hybridized carbons (Fsp3) is 0.462. The van der Waals surface area contributed by atoms with Crippen LogP contribution >= 0.6 is 0 Å². The number of hydrogen-bond donors (Lipinski definition) is 2. The number of carbonyl (C=O) groups is 1. The molecule has 2 aliphatic heterocycles. The molecule has 3 aromatic heterocycles. The van der Waals surface area contributed by atoms with Crippen LogP contribution in [-0.2, 0) is 4.79 Å². The minimum Gasteiger partial charge on any atom is -0.367 e. The molecule has 0 radical (unpaired) electrons. The van der Waals surface area contributed by atoms with Crippen LogP contribution in [0.1, 0.15) is 54.8 Å². The van der Waals surface area contributed by atoms with Gasteiger partial charge in [0.25, 0.3) is 0 Å². The van der Waals surface area contributed by atoms with Crippen LogP contribution in [0, 0.1) is 0 Å². The third kappa shape index (κ3) is 4.30. The van der Waals surface area contributed by atoms with Gasteiger partial charge in [0.1, 0.15) is 0 Å². The molecule has 1 unspecified atom stereocenters. The Kier molecular flexibility index (Phi) is 5.74. The molecule has 6 rings (SSSR count). The summed E-state index contributed by atoms with van der Waals surface area (Å²) in [6.07, 6.45) is 15.1. The molecule has 0 aromatic carbocycles. The quantitative estimate of drug-likeness (QED) is 0.591. The molecule has 3 aliphatic rings. The number of hydrogen-bond acceptors (Lipinski definition) is 6. The average molecular weight is 458 g/mol. The van der Waals surface area contributed by atoms with Crippen molar-refractivity contribution in [2.24, 2.45) is 0 Å². The second-order valence-corrected chi connectivity index (χ2v) is 9.66. The fourth-order valence-corrected chi connectivity index (χ4v) is 5.27. The Morgan fingerprint density at radius 2 is 2.00 bits per heavy atom. The maximum absolute atomic E-state index is 12.9. The first-order valence-electron chi connectivity index (χ1n) is 12.5. The molecule has 2 N–H and O–H groups in total. The van der Waals surface area contributed by atoms with Gasteiger partial charge in [-0.05, 0) is 61.4 Å². The van der Waals surface area contributed by atoms with Gasteiger partial charge in [-0.3, -0.25) is 14.9 Å². The van der Waals surface area contributed by atoms with E-state index >= 15 is 0 Å². The topological polar surface area (TPSA) is 90.0 Å². The van der Waals surface area contributed by atoms with Crippen molar-refractivity contribution >= 4 is 34.8 Å². The van der Waals surface area contributed by atoms with Crippen molar-refractivity contribution in [3.8, 4) is 0 Å². The number of aromatic amines is 1. The Bertz CT molecular complexity index is 1190. The second-order valence-electron chi connectivity index (χ2n) is 9.66. The summed E-state index contributed by atoms with van der Waals surface area (Å²) >= 11 is 0. The van der Waals surface area contributed by atoms with E-state index in [-0.39, 0.29) is 5.91 Å². The van der Waals surface area contributed by atoms with E-state index in [0.717, 1.165) is 61.4 Å². The number of piperazine rings is 1. The fourth-order valence-electron chi connectivity index (χ4n) is 5.27. The second kappa shape index (κ2) is 9.18. The summed E-state index contributed by atoms with van der Waals surface area (Å²) in [6.45, 7) is 4.23. The van der Waals surface area contributed by atoms with Crippen LogP contribution in [0.15, 0.2) is 30.7 Å². The number of amides is 1. The summed E-state index contributed by atoms with van der Waals surface area (Å²) in [5.74, 6) is 0.856. The number of nitrogens with zero attached hydrogens (tertiary/aromatic N) is 5. The van der Waals surface area contributed by atoms with Gasteiger partial charge in [0.15, 0.2) is 5.65 Å². The third-order valence-electron chi connectivity index (χ3n) is 7.29. The Hall–Kier alpha value is -3.26. The van der Waals surface area contributed by atoms with E-state index in [1.807, 2.05) is 29.4 Å². The minimum absolute atomic E-state index is 0.282. The number of aromatic nitrogens is 4. The van der Waals surface area contributed by atoms with Crippen molar-refractivity contribution in [1.82, 2.24) is 30.4 Å². The molecule has 1 atom stereocenters.